The van der Waals surface area contributed by atoms with Crippen LogP contribution in [0.25, 0.3) is 0 Å². The van der Waals surface area contributed by atoms with Gasteiger partial charge < -0.3 is 4.74 Å². The molecule has 4 aliphatic rings. The smallest absolute Gasteiger partial charge is 0.306 e. The van der Waals surface area contributed by atoms with Gasteiger partial charge in [0.05, 0.1) is 0 Å². The fraction of sp³-hybridized carbons (Fsp3) is 0.852. The number of hydrogen-bond acceptors (Lipinski definition) is 3. The van der Waals surface area contributed by atoms with Crippen LogP contribution in [0.5, 0.6) is 0 Å². The zero-order chi connectivity index (χ0) is 21.7. The summed E-state index contributed by atoms with van der Waals surface area (Å²) in [6.45, 7) is 11.0. The third-order valence-corrected chi connectivity index (χ3v) is 9.80. The topological polar surface area (TPSA) is 43.4 Å². The minimum Gasteiger partial charge on any atom is -0.462 e. The molecule has 0 heterocycles. The van der Waals surface area contributed by atoms with Crippen molar-refractivity contribution >= 4 is 11.8 Å². The Bertz CT molecular complexity index is 722. The molecule has 30 heavy (non-hydrogen) atoms. The molecular formula is C27H42O3. The first kappa shape index (κ1) is 22.1. The predicted octanol–water partition coefficient (Wildman–Crippen LogP) is 6.50. The van der Waals surface area contributed by atoms with Crippen molar-refractivity contribution in [3.8, 4) is 0 Å². The second-order valence-corrected chi connectivity index (χ2v) is 11.8. The van der Waals surface area contributed by atoms with E-state index in [1.165, 1.54) is 32.1 Å². The Labute approximate surface area is 183 Å². The first-order valence-corrected chi connectivity index (χ1v) is 12.6. The van der Waals surface area contributed by atoms with E-state index in [-0.39, 0.29) is 23.3 Å². The number of ketones is 1. The summed E-state index contributed by atoms with van der Waals surface area (Å²) in [6, 6.07) is 0. The fourth-order valence-electron chi connectivity index (χ4n) is 8.09. The number of Topliss-reactive ketones (excluding diaryl/α,β-unsaturated/α-hetero) is 1. The van der Waals surface area contributed by atoms with Gasteiger partial charge in [-0.1, -0.05) is 33.8 Å². The minimum atomic E-state index is 0.00761. The second-order valence-electron chi connectivity index (χ2n) is 11.8. The molecule has 0 radical (unpaired) electrons. The van der Waals surface area contributed by atoms with Gasteiger partial charge >= 0.3 is 5.97 Å². The van der Waals surface area contributed by atoms with Gasteiger partial charge in [-0.15, -0.1) is 0 Å². The van der Waals surface area contributed by atoms with Crippen molar-refractivity contribution in [1.29, 1.82) is 0 Å². The lowest BCUT2D eigenvalue weighted by Crippen LogP contribution is -2.54. The van der Waals surface area contributed by atoms with Crippen molar-refractivity contribution in [2.75, 3.05) is 0 Å². The number of carbonyl (C=O) groups excluding carboxylic acids is 2. The quantitative estimate of drug-likeness (QED) is 0.482. The van der Waals surface area contributed by atoms with E-state index in [0.717, 1.165) is 43.1 Å². The number of fused-ring (bicyclic) bond motifs is 5. The summed E-state index contributed by atoms with van der Waals surface area (Å²) in [5, 5.41) is 0. The summed E-state index contributed by atoms with van der Waals surface area (Å²) < 4.78 is 5.91. The Morgan fingerprint density at radius 1 is 1.10 bits per heavy atom. The lowest BCUT2D eigenvalue weighted by Gasteiger charge is -2.60. The van der Waals surface area contributed by atoms with Crippen LogP contribution in [-0.4, -0.2) is 17.9 Å². The molecule has 0 aromatic rings. The molecule has 0 N–H and O–H groups in total. The zero-order valence-electron chi connectivity index (χ0n) is 19.8. The summed E-state index contributed by atoms with van der Waals surface area (Å²) in [5.74, 6) is 3.70. The van der Waals surface area contributed by atoms with Crippen molar-refractivity contribution in [1.82, 2.24) is 0 Å². The van der Waals surface area contributed by atoms with Gasteiger partial charge in [0.2, 0.25) is 0 Å². The van der Waals surface area contributed by atoms with Gasteiger partial charge in [-0.25, -0.2) is 0 Å². The van der Waals surface area contributed by atoms with E-state index in [9.17, 15) is 9.59 Å². The Morgan fingerprint density at radius 3 is 2.57 bits per heavy atom. The van der Waals surface area contributed by atoms with E-state index >= 15 is 0 Å². The molecule has 3 nitrogen and oxygen atoms in total. The lowest BCUT2D eigenvalue weighted by atomic mass is 9.44. The molecule has 4 aliphatic carbocycles. The molecule has 7 atom stereocenters. The molecule has 3 saturated carbocycles. The van der Waals surface area contributed by atoms with E-state index in [4.69, 9.17) is 4.74 Å². The van der Waals surface area contributed by atoms with Crippen molar-refractivity contribution in [2.45, 2.75) is 105 Å². The molecule has 0 aromatic carbocycles. The van der Waals surface area contributed by atoms with Crippen LogP contribution in [0.3, 0.4) is 0 Å². The van der Waals surface area contributed by atoms with Crippen molar-refractivity contribution in [3.05, 3.63) is 11.6 Å². The monoisotopic (exact) mass is 414 g/mol. The first-order chi connectivity index (χ1) is 14.1. The van der Waals surface area contributed by atoms with Crippen LogP contribution in [0.2, 0.25) is 0 Å². The molecule has 0 amide bonds. The van der Waals surface area contributed by atoms with Crippen LogP contribution >= 0.6 is 0 Å². The van der Waals surface area contributed by atoms with Crippen molar-refractivity contribution in [2.24, 2.45) is 40.4 Å². The SMILES string of the molecule is CC(=O)C1=CCC2[C@@H]3CC[C@H]4C[C@H](OC(=O)CCC(C)C)CC[C@]4(C)C3CC[C@]12C. The molecule has 0 bridgehead atoms. The summed E-state index contributed by atoms with van der Waals surface area (Å²) in [7, 11) is 0. The summed E-state index contributed by atoms with van der Waals surface area (Å²) in [4.78, 5) is 24.5. The molecule has 0 saturated heterocycles. The molecule has 168 valence electrons. The highest BCUT2D eigenvalue weighted by atomic mass is 16.5. The summed E-state index contributed by atoms with van der Waals surface area (Å²) >= 11 is 0. The molecule has 0 spiro atoms. The highest BCUT2D eigenvalue weighted by Gasteiger charge is 2.59. The third-order valence-electron chi connectivity index (χ3n) is 9.80. The number of hydrogen-bond donors (Lipinski definition) is 0. The highest BCUT2D eigenvalue weighted by molar-refractivity contribution is 5.95. The van der Waals surface area contributed by atoms with Gasteiger partial charge in [-0.2, -0.15) is 0 Å². The van der Waals surface area contributed by atoms with Crippen LogP contribution in [0, 0.1) is 40.4 Å². The van der Waals surface area contributed by atoms with E-state index in [2.05, 4.69) is 33.8 Å². The van der Waals surface area contributed by atoms with Crippen LogP contribution in [-0.2, 0) is 14.3 Å². The fourth-order valence-corrected chi connectivity index (χ4v) is 8.09. The van der Waals surface area contributed by atoms with E-state index in [0.29, 0.717) is 29.6 Å². The molecular weight excluding hydrogens is 372 g/mol. The van der Waals surface area contributed by atoms with Crippen LogP contribution in [0.1, 0.15) is 98.8 Å². The number of ether oxygens (including phenoxy) is 1. The Balaban J connectivity index is 1.42. The average molecular weight is 415 g/mol. The van der Waals surface area contributed by atoms with E-state index < -0.39 is 0 Å². The molecule has 0 aromatic heterocycles. The third kappa shape index (κ3) is 3.69. The summed E-state index contributed by atoms with van der Waals surface area (Å²) in [6.07, 6.45) is 13.3. The van der Waals surface area contributed by atoms with Crippen LogP contribution in [0.15, 0.2) is 11.6 Å². The number of rotatable bonds is 5. The maximum absolute atomic E-state index is 12.3. The highest BCUT2D eigenvalue weighted by Crippen LogP contribution is 2.66. The van der Waals surface area contributed by atoms with E-state index in [1.807, 2.05) is 0 Å². The minimum absolute atomic E-state index is 0.00761. The normalized spacial score (nSPS) is 42.7. The number of allylic oxidation sites excluding steroid dienone is 2. The molecule has 2 unspecified atom stereocenters. The largest absolute Gasteiger partial charge is 0.462 e. The van der Waals surface area contributed by atoms with Gasteiger partial charge in [-0.05, 0) is 111 Å². The van der Waals surface area contributed by atoms with Gasteiger partial charge in [0.25, 0.3) is 0 Å². The second kappa shape index (κ2) is 8.10. The Kier molecular flexibility index (Phi) is 5.96. The van der Waals surface area contributed by atoms with Crippen molar-refractivity contribution < 1.29 is 14.3 Å². The Hall–Kier alpha value is -1.12. The van der Waals surface area contributed by atoms with Gasteiger partial charge in [0, 0.05) is 6.42 Å². The standard InChI is InChI=1S/C27H42O3/c1-17(2)6-11-25(29)30-20-12-14-26(4)19(16-20)7-8-21-23-10-9-22(18(3)28)27(23,5)15-13-24(21)26/h9,17,19-21,23-24H,6-8,10-16H2,1-5H3/t19-,20+,21-,23?,24?,26-,27+/m0/s1. The molecule has 3 heteroatoms. The van der Waals surface area contributed by atoms with Crippen molar-refractivity contribution in [3.63, 3.8) is 0 Å². The van der Waals surface area contributed by atoms with Gasteiger partial charge in [-0.3, -0.25) is 9.59 Å². The summed E-state index contributed by atoms with van der Waals surface area (Å²) in [5.41, 5.74) is 1.61. The molecule has 3 fully saturated rings. The zero-order valence-corrected chi connectivity index (χ0v) is 19.8. The molecule has 4 rings (SSSR count). The first-order valence-electron chi connectivity index (χ1n) is 12.6. The lowest BCUT2D eigenvalue weighted by molar-refractivity contribution is -0.161. The Morgan fingerprint density at radius 2 is 1.87 bits per heavy atom. The van der Waals surface area contributed by atoms with E-state index in [1.54, 1.807) is 6.92 Å². The predicted molar refractivity (Wildman–Crippen MR) is 120 cm³/mol. The van der Waals surface area contributed by atoms with Crippen LogP contribution < -0.4 is 0 Å². The molecule has 0 aliphatic heterocycles. The van der Waals surface area contributed by atoms with Gasteiger partial charge in [0.15, 0.2) is 5.78 Å². The van der Waals surface area contributed by atoms with Crippen LogP contribution in [0.4, 0.5) is 0 Å². The maximum Gasteiger partial charge on any atom is 0.306 e. The number of carbonyl (C=O) groups is 2. The average Bonchev–Trinajstić information content (AvgIpc) is 3.04. The maximum atomic E-state index is 12.3. The number of esters is 1. The van der Waals surface area contributed by atoms with Gasteiger partial charge in [0.1, 0.15) is 6.10 Å².